The molecule has 0 saturated carbocycles. The number of nitrogens with zero attached hydrogens (tertiary/aromatic N) is 2. The van der Waals surface area contributed by atoms with Crippen molar-refractivity contribution in [2.45, 2.75) is 0 Å². The third kappa shape index (κ3) is 4.74. The summed E-state index contributed by atoms with van der Waals surface area (Å²) in [5, 5.41) is 5.11. The van der Waals surface area contributed by atoms with Gasteiger partial charge in [0, 0.05) is 33.5 Å². The Morgan fingerprint density at radius 3 is 1.56 bits per heavy atom. The molecular weight excluding hydrogens is 581 g/mol. The van der Waals surface area contributed by atoms with E-state index in [0.717, 1.165) is 22.7 Å². The van der Waals surface area contributed by atoms with E-state index < -0.39 is 0 Å². The van der Waals surface area contributed by atoms with Gasteiger partial charge < -0.3 is 9.47 Å². The molecule has 0 saturated heterocycles. The van der Waals surface area contributed by atoms with E-state index in [1.807, 2.05) is 0 Å². The van der Waals surface area contributed by atoms with Crippen LogP contribution in [0.1, 0.15) is 0 Å². The molecule has 1 heterocycles. The van der Waals surface area contributed by atoms with Crippen molar-refractivity contribution in [2.24, 2.45) is 0 Å². The fourth-order valence-corrected chi connectivity index (χ4v) is 7.19. The molecule has 0 aliphatic heterocycles. The van der Waals surface area contributed by atoms with Gasteiger partial charge >= 0.3 is 0 Å². The summed E-state index contributed by atoms with van der Waals surface area (Å²) in [5.74, 6) is 0. The van der Waals surface area contributed by atoms with Gasteiger partial charge in [0.1, 0.15) is 0 Å². The molecule has 9 aromatic rings. The van der Waals surface area contributed by atoms with Gasteiger partial charge in [0.05, 0.1) is 11.0 Å². The average molecular weight is 613 g/mol. The van der Waals surface area contributed by atoms with Gasteiger partial charge in [-0.25, -0.2) is 0 Å². The van der Waals surface area contributed by atoms with Crippen molar-refractivity contribution in [3.05, 3.63) is 194 Å². The van der Waals surface area contributed by atoms with Crippen molar-refractivity contribution in [2.75, 3.05) is 4.90 Å². The third-order valence-corrected chi connectivity index (χ3v) is 9.39. The molecule has 0 spiro atoms. The Balaban J connectivity index is 1.13. The molecule has 2 heteroatoms. The van der Waals surface area contributed by atoms with Crippen LogP contribution in [0.2, 0.25) is 0 Å². The van der Waals surface area contributed by atoms with Crippen LogP contribution in [0.5, 0.6) is 0 Å². The van der Waals surface area contributed by atoms with Gasteiger partial charge in [0.15, 0.2) is 0 Å². The Morgan fingerprint density at radius 2 is 0.854 bits per heavy atom. The molecular formula is C46H32N2. The van der Waals surface area contributed by atoms with E-state index in [4.69, 9.17) is 0 Å². The second-order valence-electron chi connectivity index (χ2n) is 12.2. The number of para-hydroxylation sites is 2. The largest absolute Gasteiger partial charge is 0.311 e. The van der Waals surface area contributed by atoms with Crippen LogP contribution in [0.15, 0.2) is 194 Å². The van der Waals surface area contributed by atoms with Crippen LogP contribution in [-0.4, -0.2) is 4.57 Å². The highest BCUT2D eigenvalue weighted by atomic mass is 15.1. The summed E-state index contributed by atoms with van der Waals surface area (Å²) in [6.45, 7) is 0. The van der Waals surface area contributed by atoms with Gasteiger partial charge in [-0.15, -0.1) is 0 Å². The van der Waals surface area contributed by atoms with Crippen molar-refractivity contribution in [1.82, 2.24) is 4.57 Å². The van der Waals surface area contributed by atoms with E-state index in [9.17, 15) is 0 Å². The number of fused-ring (bicyclic) bond motifs is 5. The normalized spacial score (nSPS) is 11.3. The molecule has 0 aliphatic rings. The molecule has 48 heavy (non-hydrogen) atoms. The Hall–Kier alpha value is -6.38. The maximum absolute atomic E-state index is 2.40. The second kappa shape index (κ2) is 11.8. The van der Waals surface area contributed by atoms with Crippen molar-refractivity contribution in [1.29, 1.82) is 0 Å². The molecule has 0 N–H and O–H groups in total. The number of aromatic nitrogens is 1. The zero-order chi connectivity index (χ0) is 31.9. The lowest BCUT2D eigenvalue weighted by molar-refractivity contribution is 1.17. The predicted molar refractivity (Wildman–Crippen MR) is 204 cm³/mol. The van der Waals surface area contributed by atoms with E-state index in [1.54, 1.807) is 0 Å². The topological polar surface area (TPSA) is 8.17 Å². The Bertz CT molecular complexity index is 2530. The molecule has 226 valence electrons. The Kier molecular flexibility index (Phi) is 6.84. The summed E-state index contributed by atoms with van der Waals surface area (Å²) in [7, 11) is 0. The first-order valence-corrected chi connectivity index (χ1v) is 16.4. The van der Waals surface area contributed by atoms with Crippen LogP contribution in [-0.2, 0) is 0 Å². The van der Waals surface area contributed by atoms with Gasteiger partial charge in [-0.3, -0.25) is 0 Å². The SMILES string of the molecule is c1ccc(-c2ccccc2-c2ccc(N(c3ccccc3)c3ccc(-n4c5ccccc5c5c6ccccc6ccc54)cc3)cc2)cc1. The minimum absolute atomic E-state index is 1.11. The highest BCUT2D eigenvalue weighted by Gasteiger charge is 2.17. The fourth-order valence-electron chi connectivity index (χ4n) is 7.19. The number of hydrogen-bond acceptors (Lipinski definition) is 1. The summed E-state index contributed by atoms with van der Waals surface area (Å²) in [4.78, 5) is 2.33. The summed E-state index contributed by atoms with van der Waals surface area (Å²) in [6, 6.07) is 69.7. The Morgan fingerprint density at radius 1 is 0.333 bits per heavy atom. The number of hydrogen-bond donors (Lipinski definition) is 0. The highest BCUT2D eigenvalue weighted by Crippen LogP contribution is 2.40. The van der Waals surface area contributed by atoms with Gasteiger partial charge in [-0.2, -0.15) is 0 Å². The molecule has 0 bridgehead atoms. The maximum Gasteiger partial charge on any atom is 0.0547 e. The van der Waals surface area contributed by atoms with Crippen LogP contribution in [0.4, 0.5) is 17.1 Å². The predicted octanol–water partition coefficient (Wildman–Crippen LogP) is 12.7. The molecule has 0 unspecified atom stereocenters. The minimum Gasteiger partial charge on any atom is -0.311 e. The van der Waals surface area contributed by atoms with E-state index in [2.05, 4.69) is 204 Å². The number of anilines is 3. The summed E-state index contributed by atoms with van der Waals surface area (Å²) in [5.41, 5.74) is 11.8. The molecule has 9 rings (SSSR count). The monoisotopic (exact) mass is 612 g/mol. The van der Waals surface area contributed by atoms with E-state index in [0.29, 0.717) is 0 Å². The molecule has 0 atom stereocenters. The molecule has 0 fully saturated rings. The standard InChI is InChI=1S/C46H32N2/c1-3-13-33(14-4-1)40-18-9-10-19-41(40)35-23-26-37(27-24-35)47(36-16-5-2-6-17-36)38-28-30-39(31-29-38)48-44-22-12-11-21-43(44)46-42-20-8-7-15-34(42)25-32-45(46)48/h1-32H. The van der Waals surface area contributed by atoms with Crippen LogP contribution in [0.3, 0.4) is 0 Å². The lowest BCUT2D eigenvalue weighted by Gasteiger charge is -2.26. The summed E-state index contributed by atoms with van der Waals surface area (Å²) >= 11 is 0. The van der Waals surface area contributed by atoms with Crippen LogP contribution in [0, 0.1) is 0 Å². The van der Waals surface area contributed by atoms with Crippen molar-refractivity contribution >= 4 is 49.6 Å². The van der Waals surface area contributed by atoms with Gasteiger partial charge in [0.2, 0.25) is 0 Å². The van der Waals surface area contributed by atoms with Gasteiger partial charge in [-0.05, 0) is 93.7 Å². The maximum atomic E-state index is 2.40. The molecule has 0 amide bonds. The van der Waals surface area contributed by atoms with Crippen molar-refractivity contribution < 1.29 is 0 Å². The van der Waals surface area contributed by atoms with Crippen LogP contribution >= 0.6 is 0 Å². The van der Waals surface area contributed by atoms with Crippen LogP contribution in [0.25, 0.3) is 60.5 Å². The van der Waals surface area contributed by atoms with Crippen molar-refractivity contribution in [3.63, 3.8) is 0 Å². The molecule has 8 aromatic carbocycles. The van der Waals surface area contributed by atoms with Gasteiger partial charge in [-0.1, -0.05) is 133 Å². The number of rotatable bonds is 6. The summed E-state index contributed by atoms with van der Waals surface area (Å²) < 4.78 is 2.40. The molecule has 1 aromatic heterocycles. The first-order chi connectivity index (χ1) is 23.8. The zero-order valence-corrected chi connectivity index (χ0v) is 26.4. The van der Waals surface area contributed by atoms with Gasteiger partial charge in [0.25, 0.3) is 0 Å². The van der Waals surface area contributed by atoms with E-state index >= 15 is 0 Å². The average Bonchev–Trinajstić information content (AvgIpc) is 3.51. The van der Waals surface area contributed by atoms with Crippen LogP contribution < -0.4 is 4.90 Å². The summed E-state index contributed by atoms with van der Waals surface area (Å²) in [6.07, 6.45) is 0. The first-order valence-electron chi connectivity index (χ1n) is 16.4. The second-order valence-corrected chi connectivity index (χ2v) is 12.2. The Labute approximate surface area is 280 Å². The zero-order valence-electron chi connectivity index (χ0n) is 26.4. The van der Waals surface area contributed by atoms with E-state index in [1.165, 1.54) is 54.8 Å². The molecule has 2 nitrogen and oxygen atoms in total. The molecule has 0 radical (unpaired) electrons. The third-order valence-electron chi connectivity index (χ3n) is 9.39. The quantitative estimate of drug-likeness (QED) is 0.181. The highest BCUT2D eigenvalue weighted by molar-refractivity contribution is 6.21. The first kappa shape index (κ1) is 27.9. The minimum atomic E-state index is 1.11. The lowest BCUT2D eigenvalue weighted by atomic mass is 9.94. The number of benzene rings is 8. The molecule has 0 aliphatic carbocycles. The fraction of sp³-hybridized carbons (Fsp3) is 0. The smallest absolute Gasteiger partial charge is 0.0547 e. The van der Waals surface area contributed by atoms with Crippen molar-refractivity contribution in [3.8, 4) is 27.9 Å². The lowest BCUT2D eigenvalue weighted by Crippen LogP contribution is -2.10. The van der Waals surface area contributed by atoms with E-state index in [-0.39, 0.29) is 0 Å².